The van der Waals surface area contributed by atoms with Gasteiger partial charge in [-0.1, -0.05) is 91.0 Å². The first-order valence-electron chi connectivity index (χ1n) is 10.9. The number of nitrogens with one attached hydrogen (secondary N) is 2. The topological polar surface area (TPSA) is 62.8 Å². The van der Waals surface area contributed by atoms with Crippen molar-refractivity contribution in [3.05, 3.63) is 108 Å². The van der Waals surface area contributed by atoms with Crippen molar-refractivity contribution < 1.29 is 14.6 Å². The Kier molecular flexibility index (Phi) is 8.58. The van der Waals surface area contributed by atoms with Gasteiger partial charge in [0, 0.05) is 34.2 Å². The number of aliphatic hydroxyl groups is 1. The molecule has 0 fully saturated rings. The second-order valence-electron chi connectivity index (χ2n) is 7.83. The number of benzene rings is 3. The van der Waals surface area contributed by atoms with E-state index < -0.39 is 17.3 Å². The Labute approximate surface area is 201 Å². The normalized spacial score (nSPS) is 12.7. The maximum Gasteiger partial charge on any atom is 0.187 e. The third-order valence-corrected chi connectivity index (χ3v) is 6.43. The van der Waals surface area contributed by atoms with Crippen molar-refractivity contribution in [2.75, 3.05) is 27.8 Å². The van der Waals surface area contributed by atoms with E-state index in [0.717, 1.165) is 16.7 Å². The van der Waals surface area contributed by atoms with E-state index in [9.17, 15) is 5.11 Å². The molecule has 3 aromatic carbocycles. The van der Waals surface area contributed by atoms with E-state index in [-0.39, 0.29) is 13.0 Å². The molecule has 0 aliphatic heterocycles. The number of hydrogen-bond acceptors (Lipinski definition) is 4. The summed E-state index contributed by atoms with van der Waals surface area (Å²) in [6.07, 6.45) is -0.607. The number of aliphatic hydroxyl groups excluding tert-OH is 1. The fraction of sp³-hybridized carbons (Fsp3) is 0.296. The Hall–Kier alpha value is -2.77. The molecule has 0 aromatic heterocycles. The molecule has 3 aromatic rings. The van der Waals surface area contributed by atoms with Crippen LogP contribution in [0.25, 0.3) is 0 Å². The molecular weight excluding hydrogens is 432 g/mol. The number of ether oxygens (including phenoxy) is 2. The van der Waals surface area contributed by atoms with E-state index in [0.29, 0.717) is 5.11 Å². The van der Waals surface area contributed by atoms with Crippen LogP contribution < -0.4 is 10.6 Å². The minimum absolute atomic E-state index is 0.192. The van der Waals surface area contributed by atoms with Gasteiger partial charge in [0.2, 0.25) is 0 Å². The van der Waals surface area contributed by atoms with Crippen LogP contribution >= 0.6 is 12.2 Å². The molecular formula is C27H32N2O3S. The van der Waals surface area contributed by atoms with Crippen molar-refractivity contribution in [3.63, 3.8) is 0 Å². The van der Waals surface area contributed by atoms with Crippen molar-refractivity contribution in [2.45, 2.75) is 23.7 Å². The summed E-state index contributed by atoms with van der Waals surface area (Å²) >= 11 is 5.18. The van der Waals surface area contributed by atoms with Crippen LogP contribution in [0.4, 0.5) is 0 Å². The Balaban J connectivity index is 2.27. The molecule has 0 bridgehead atoms. The van der Waals surface area contributed by atoms with E-state index in [1.807, 2.05) is 54.6 Å². The first-order chi connectivity index (χ1) is 16.0. The first kappa shape index (κ1) is 24.9. The molecule has 0 aliphatic carbocycles. The van der Waals surface area contributed by atoms with Crippen molar-refractivity contribution in [1.29, 1.82) is 0 Å². The highest BCUT2D eigenvalue weighted by atomic mass is 32.1. The van der Waals surface area contributed by atoms with Gasteiger partial charge in [-0.05, 0) is 28.9 Å². The lowest BCUT2D eigenvalue weighted by Crippen LogP contribution is -2.58. The highest BCUT2D eigenvalue weighted by molar-refractivity contribution is 7.80. The summed E-state index contributed by atoms with van der Waals surface area (Å²) in [6, 6.07) is 30.5. The predicted molar refractivity (Wildman–Crippen MR) is 136 cm³/mol. The number of rotatable bonds is 10. The van der Waals surface area contributed by atoms with Gasteiger partial charge >= 0.3 is 0 Å². The standard InChI is InChI=1S/C27H32N2O3S/c1-28-25(33)29-20-24(30)19-26(31-2,32-3)27(21-13-7-4-8-14-21,22-15-9-5-10-16-22)23-17-11-6-12-18-23/h4-18,24,30H,19-20H2,1-3H3,(H2,28,29,33). The van der Waals surface area contributed by atoms with Crippen molar-refractivity contribution in [1.82, 2.24) is 10.6 Å². The monoisotopic (exact) mass is 464 g/mol. The average molecular weight is 465 g/mol. The highest BCUT2D eigenvalue weighted by Crippen LogP contribution is 2.51. The van der Waals surface area contributed by atoms with Gasteiger partial charge in [0.25, 0.3) is 0 Å². The molecule has 33 heavy (non-hydrogen) atoms. The van der Waals surface area contributed by atoms with E-state index >= 15 is 0 Å². The molecule has 5 nitrogen and oxygen atoms in total. The molecule has 0 radical (unpaired) electrons. The van der Waals surface area contributed by atoms with Gasteiger partial charge in [0.1, 0.15) is 0 Å². The van der Waals surface area contributed by atoms with Crippen LogP contribution in [0.2, 0.25) is 0 Å². The quantitative estimate of drug-likeness (QED) is 0.241. The Morgan fingerprint density at radius 1 is 0.818 bits per heavy atom. The summed E-state index contributed by atoms with van der Waals surface area (Å²) < 4.78 is 12.5. The fourth-order valence-electron chi connectivity index (χ4n) is 4.61. The summed E-state index contributed by atoms with van der Waals surface area (Å²) in [5.74, 6) is -1.24. The third kappa shape index (κ3) is 4.94. The molecule has 0 amide bonds. The second kappa shape index (κ2) is 11.4. The van der Waals surface area contributed by atoms with Crippen LogP contribution in [0.3, 0.4) is 0 Å². The molecule has 0 aliphatic rings. The molecule has 0 saturated carbocycles. The van der Waals surface area contributed by atoms with Crippen molar-refractivity contribution >= 4 is 17.3 Å². The minimum Gasteiger partial charge on any atom is -0.391 e. The zero-order valence-electron chi connectivity index (χ0n) is 19.3. The summed E-state index contributed by atoms with van der Waals surface area (Å²) in [6.45, 7) is 0.253. The molecule has 0 heterocycles. The van der Waals surface area contributed by atoms with Gasteiger partial charge in [0.05, 0.1) is 11.5 Å². The van der Waals surface area contributed by atoms with Crippen molar-refractivity contribution in [3.8, 4) is 0 Å². The number of hydrogen-bond donors (Lipinski definition) is 3. The lowest BCUT2D eigenvalue weighted by molar-refractivity contribution is -0.248. The van der Waals surface area contributed by atoms with E-state index in [2.05, 4.69) is 47.0 Å². The predicted octanol–water partition coefficient (Wildman–Crippen LogP) is 3.86. The molecule has 1 unspecified atom stereocenters. The second-order valence-corrected chi connectivity index (χ2v) is 8.24. The molecule has 3 N–H and O–H groups in total. The lowest BCUT2D eigenvalue weighted by atomic mass is 9.62. The Morgan fingerprint density at radius 2 is 1.21 bits per heavy atom. The maximum absolute atomic E-state index is 11.1. The summed E-state index contributed by atoms with van der Waals surface area (Å²) in [5.41, 5.74) is 2.12. The molecule has 174 valence electrons. The minimum atomic E-state index is -1.24. The Bertz CT molecular complexity index is 899. The van der Waals surface area contributed by atoms with Crippen LogP contribution in [0.5, 0.6) is 0 Å². The third-order valence-electron chi connectivity index (χ3n) is 6.08. The molecule has 0 spiro atoms. The molecule has 0 saturated heterocycles. The maximum atomic E-state index is 11.1. The zero-order chi connectivity index (χ0) is 23.7. The summed E-state index contributed by atoms with van der Waals surface area (Å²) in [4.78, 5) is 0. The van der Waals surface area contributed by atoms with Gasteiger partial charge in [-0.2, -0.15) is 0 Å². The molecule has 1 atom stereocenters. The van der Waals surface area contributed by atoms with Crippen LogP contribution in [0, 0.1) is 0 Å². The largest absolute Gasteiger partial charge is 0.391 e. The van der Waals surface area contributed by atoms with Crippen LogP contribution in [-0.4, -0.2) is 49.9 Å². The van der Waals surface area contributed by atoms with Crippen LogP contribution in [-0.2, 0) is 14.9 Å². The smallest absolute Gasteiger partial charge is 0.187 e. The highest BCUT2D eigenvalue weighted by Gasteiger charge is 2.57. The molecule has 6 heteroatoms. The molecule has 3 rings (SSSR count). The number of thiocarbonyl (C=S) groups is 1. The SMILES string of the molecule is CNC(=S)NCC(O)CC(OC)(OC)C(c1ccccc1)(c1ccccc1)c1ccccc1. The van der Waals surface area contributed by atoms with Gasteiger partial charge in [-0.3, -0.25) is 0 Å². The van der Waals surface area contributed by atoms with E-state index in [1.54, 1.807) is 21.3 Å². The Morgan fingerprint density at radius 3 is 1.55 bits per heavy atom. The summed E-state index contributed by atoms with van der Waals surface area (Å²) in [7, 11) is 5.00. The average Bonchev–Trinajstić information content (AvgIpc) is 2.88. The van der Waals surface area contributed by atoms with Gasteiger partial charge in [-0.15, -0.1) is 0 Å². The van der Waals surface area contributed by atoms with Crippen molar-refractivity contribution in [2.24, 2.45) is 0 Å². The van der Waals surface area contributed by atoms with Crippen LogP contribution in [0.1, 0.15) is 23.1 Å². The fourth-order valence-corrected chi connectivity index (χ4v) is 4.70. The van der Waals surface area contributed by atoms with Gasteiger partial charge in [-0.25, -0.2) is 0 Å². The lowest BCUT2D eigenvalue weighted by Gasteiger charge is -2.50. The van der Waals surface area contributed by atoms with E-state index in [4.69, 9.17) is 21.7 Å². The number of methoxy groups -OCH3 is 2. The first-order valence-corrected chi connectivity index (χ1v) is 11.4. The van der Waals surface area contributed by atoms with Crippen LogP contribution in [0.15, 0.2) is 91.0 Å². The van der Waals surface area contributed by atoms with E-state index in [1.165, 1.54) is 0 Å². The zero-order valence-corrected chi connectivity index (χ0v) is 20.1. The van der Waals surface area contributed by atoms with Gasteiger partial charge in [0.15, 0.2) is 10.9 Å². The van der Waals surface area contributed by atoms with Gasteiger partial charge < -0.3 is 25.2 Å². The summed E-state index contributed by atoms with van der Waals surface area (Å²) in [5, 5.41) is 17.5.